The number of amides is 3. The number of nitrogens with one attached hydrogen (secondary N) is 1. The van der Waals surface area contributed by atoms with Gasteiger partial charge in [0.1, 0.15) is 12.1 Å². The van der Waals surface area contributed by atoms with Crippen molar-refractivity contribution in [1.82, 2.24) is 15.3 Å². The Kier molecular flexibility index (Phi) is 3.01. The Morgan fingerprint density at radius 2 is 2.18 bits per heavy atom. The van der Waals surface area contributed by atoms with Crippen LogP contribution in [0.5, 0.6) is 0 Å². The van der Waals surface area contributed by atoms with Crippen LogP contribution in [0.4, 0.5) is 4.79 Å². The topological polar surface area (TPSA) is 95.7 Å². The Hall–Kier alpha value is -1.63. The fourth-order valence-electron chi connectivity index (χ4n) is 2.23. The molecule has 0 spiro atoms. The van der Waals surface area contributed by atoms with Crippen molar-refractivity contribution in [2.45, 2.75) is 31.8 Å². The SMILES string of the molecule is CC(=O)[C@@H]1CCCN2C(=O)NCC(N)C(=O)N12. The molecule has 2 aliphatic heterocycles. The van der Waals surface area contributed by atoms with Gasteiger partial charge in [0.15, 0.2) is 5.78 Å². The molecule has 0 aliphatic carbocycles. The fraction of sp³-hybridized carbons (Fsp3) is 0.700. The molecule has 1 unspecified atom stereocenters. The first kappa shape index (κ1) is 11.8. The second kappa shape index (κ2) is 4.33. The van der Waals surface area contributed by atoms with Crippen molar-refractivity contribution >= 4 is 17.7 Å². The average molecular weight is 240 g/mol. The van der Waals surface area contributed by atoms with Crippen LogP contribution in [-0.4, -0.2) is 52.9 Å². The minimum atomic E-state index is -0.788. The number of fused-ring (bicyclic) bond motifs is 1. The molecule has 0 aromatic heterocycles. The standard InChI is InChI=1S/C10H16N4O3/c1-6(15)8-3-2-4-13-10(17)12-5-7(11)9(16)14(8)13/h7-8H,2-5,11H2,1H3,(H,12,17)/t7?,8-/m0/s1. The molecule has 2 atom stereocenters. The van der Waals surface area contributed by atoms with Gasteiger partial charge in [0.2, 0.25) is 0 Å². The van der Waals surface area contributed by atoms with Gasteiger partial charge in [0.05, 0.1) is 0 Å². The van der Waals surface area contributed by atoms with Crippen molar-refractivity contribution < 1.29 is 14.4 Å². The smallest absolute Gasteiger partial charge is 0.334 e. The van der Waals surface area contributed by atoms with E-state index in [1.165, 1.54) is 16.9 Å². The summed E-state index contributed by atoms with van der Waals surface area (Å²) < 4.78 is 0. The predicted octanol–water partition coefficient (Wildman–Crippen LogP) is -1.17. The Morgan fingerprint density at radius 3 is 2.82 bits per heavy atom. The van der Waals surface area contributed by atoms with Crippen molar-refractivity contribution in [2.24, 2.45) is 5.73 Å². The molecule has 2 saturated heterocycles. The van der Waals surface area contributed by atoms with Gasteiger partial charge < -0.3 is 11.1 Å². The molecule has 2 aliphatic rings. The quantitative estimate of drug-likeness (QED) is 0.604. The van der Waals surface area contributed by atoms with Crippen LogP contribution in [0.3, 0.4) is 0 Å². The number of hydrazine groups is 1. The molecule has 7 nitrogen and oxygen atoms in total. The molecule has 0 bridgehead atoms. The molecule has 17 heavy (non-hydrogen) atoms. The summed E-state index contributed by atoms with van der Waals surface area (Å²) in [5, 5.41) is 5.10. The van der Waals surface area contributed by atoms with Gasteiger partial charge in [0.25, 0.3) is 5.91 Å². The lowest BCUT2D eigenvalue weighted by Crippen LogP contribution is -2.61. The number of carbonyl (C=O) groups is 3. The lowest BCUT2D eigenvalue weighted by molar-refractivity contribution is -0.158. The van der Waals surface area contributed by atoms with Gasteiger partial charge in [0, 0.05) is 13.1 Å². The van der Waals surface area contributed by atoms with Crippen molar-refractivity contribution in [2.75, 3.05) is 13.1 Å². The van der Waals surface area contributed by atoms with Gasteiger partial charge in [-0.15, -0.1) is 0 Å². The van der Waals surface area contributed by atoms with Crippen LogP contribution in [-0.2, 0) is 9.59 Å². The van der Waals surface area contributed by atoms with E-state index in [-0.39, 0.29) is 24.3 Å². The maximum atomic E-state index is 12.1. The third-order valence-corrected chi connectivity index (χ3v) is 3.12. The van der Waals surface area contributed by atoms with Crippen LogP contribution in [0.25, 0.3) is 0 Å². The van der Waals surface area contributed by atoms with Crippen molar-refractivity contribution in [3.63, 3.8) is 0 Å². The number of Topliss-reactive ketones (excluding diaryl/α,β-unsaturated/α-hetero) is 1. The van der Waals surface area contributed by atoms with Crippen molar-refractivity contribution in [3.8, 4) is 0 Å². The molecule has 0 aromatic carbocycles. The van der Waals surface area contributed by atoms with Gasteiger partial charge in [-0.1, -0.05) is 0 Å². The first-order valence-electron chi connectivity index (χ1n) is 5.66. The second-order valence-electron chi connectivity index (χ2n) is 4.37. The predicted molar refractivity (Wildman–Crippen MR) is 58.6 cm³/mol. The number of nitrogens with two attached hydrogens (primary N) is 1. The van der Waals surface area contributed by atoms with E-state index in [0.717, 1.165) is 0 Å². The molecule has 7 heteroatoms. The van der Waals surface area contributed by atoms with Crippen LogP contribution >= 0.6 is 0 Å². The van der Waals surface area contributed by atoms with E-state index in [9.17, 15) is 14.4 Å². The number of carbonyl (C=O) groups excluding carboxylic acids is 3. The summed E-state index contributed by atoms with van der Waals surface area (Å²) in [6, 6.07) is -1.72. The van der Waals surface area contributed by atoms with Gasteiger partial charge >= 0.3 is 6.03 Å². The molecule has 0 radical (unpaired) electrons. The van der Waals surface area contributed by atoms with Crippen molar-refractivity contribution in [3.05, 3.63) is 0 Å². The van der Waals surface area contributed by atoms with Crippen LogP contribution in [0.2, 0.25) is 0 Å². The normalized spacial score (nSPS) is 29.5. The maximum absolute atomic E-state index is 12.1. The van der Waals surface area contributed by atoms with Crippen LogP contribution < -0.4 is 11.1 Å². The molecule has 3 amide bonds. The highest BCUT2D eigenvalue weighted by atomic mass is 16.2. The zero-order chi connectivity index (χ0) is 12.6. The average Bonchev–Trinajstić information content (AvgIpc) is 2.42. The maximum Gasteiger partial charge on any atom is 0.336 e. The van der Waals surface area contributed by atoms with Crippen LogP contribution in [0.1, 0.15) is 19.8 Å². The molecule has 94 valence electrons. The first-order valence-corrected chi connectivity index (χ1v) is 5.66. The molecule has 3 N–H and O–H groups in total. The van der Waals surface area contributed by atoms with E-state index < -0.39 is 12.1 Å². The largest absolute Gasteiger partial charge is 0.336 e. The van der Waals surface area contributed by atoms with Gasteiger partial charge in [-0.25, -0.2) is 14.8 Å². The number of hydrogen-bond donors (Lipinski definition) is 2. The van der Waals surface area contributed by atoms with E-state index in [0.29, 0.717) is 19.4 Å². The van der Waals surface area contributed by atoms with Crippen LogP contribution in [0, 0.1) is 0 Å². The first-order chi connectivity index (χ1) is 8.02. The van der Waals surface area contributed by atoms with E-state index in [1.54, 1.807) is 0 Å². The zero-order valence-electron chi connectivity index (χ0n) is 9.68. The molecule has 2 rings (SSSR count). The van der Waals surface area contributed by atoms with Crippen LogP contribution in [0.15, 0.2) is 0 Å². The highest BCUT2D eigenvalue weighted by molar-refractivity contribution is 5.93. The lowest BCUT2D eigenvalue weighted by atomic mass is 10.0. The summed E-state index contributed by atoms with van der Waals surface area (Å²) >= 11 is 0. The highest BCUT2D eigenvalue weighted by Gasteiger charge is 2.41. The summed E-state index contributed by atoms with van der Waals surface area (Å²) in [7, 11) is 0. The Labute approximate surface area is 98.9 Å². The second-order valence-corrected chi connectivity index (χ2v) is 4.37. The van der Waals surface area contributed by atoms with E-state index in [4.69, 9.17) is 5.73 Å². The van der Waals surface area contributed by atoms with Gasteiger partial charge in [-0.3, -0.25) is 9.59 Å². The van der Waals surface area contributed by atoms with Gasteiger partial charge in [-0.2, -0.15) is 0 Å². The van der Waals surface area contributed by atoms with E-state index in [1.807, 2.05) is 0 Å². The summed E-state index contributed by atoms with van der Waals surface area (Å²) in [5.74, 6) is -0.492. The lowest BCUT2D eigenvalue weighted by Gasteiger charge is -2.41. The number of nitrogens with zero attached hydrogens (tertiary/aromatic N) is 2. The summed E-state index contributed by atoms with van der Waals surface area (Å²) in [4.78, 5) is 35.3. The number of hydrogen-bond acceptors (Lipinski definition) is 4. The minimum absolute atomic E-state index is 0.106. The summed E-state index contributed by atoms with van der Waals surface area (Å²) in [6.45, 7) is 1.97. The molecule has 0 aromatic rings. The summed E-state index contributed by atoms with van der Waals surface area (Å²) in [6.07, 6.45) is 1.29. The highest BCUT2D eigenvalue weighted by Crippen LogP contribution is 2.21. The Bertz CT molecular complexity index is 371. The third kappa shape index (κ3) is 1.97. The Balaban J connectivity index is 2.34. The molecule has 0 saturated carbocycles. The monoisotopic (exact) mass is 240 g/mol. The van der Waals surface area contributed by atoms with Crippen molar-refractivity contribution in [1.29, 1.82) is 0 Å². The molecular formula is C10H16N4O3. The molecule has 2 heterocycles. The van der Waals surface area contributed by atoms with Gasteiger partial charge in [-0.05, 0) is 19.8 Å². The molecule has 2 fully saturated rings. The fourth-order valence-corrected chi connectivity index (χ4v) is 2.23. The Morgan fingerprint density at radius 1 is 1.47 bits per heavy atom. The zero-order valence-corrected chi connectivity index (χ0v) is 9.68. The third-order valence-electron chi connectivity index (χ3n) is 3.12. The number of rotatable bonds is 1. The number of ketones is 1. The van der Waals surface area contributed by atoms with E-state index >= 15 is 0 Å². The summed E-state index contributed by atoms with van der Waals surface area (Å²) in [5.41, 5.74) is 5.67. The molecular weight excluding hydrogens is 224 g/mol. The van der Waals surface area contributed by atoms with E-state index in [2.05, 4.69) is 5.32 Å². The minimum Gasteiger partial charge on any atom is -0.334 e. The number of urea groups is 1.